The van der Waals surface area contributed by atoms with Gasteiger partial charge in [-0.1, -0.05) is 0 Å². The van der Waals surface area contributed by atoms with Crippen LogP contribution in [0.3, 0.4) is 0 Å². The second-order valence-electron chi connectivity index (χ2n) is 7.17. The van der Waals surface area contributed by atoms with E-state index in [0.29, 0.717) is 17.2 Å². The van der Waals surface area contributed by atoms with Crippen LogP contribution in [0.1, 0.15) is 33.5 Å². The van der Waals surface area contributed by atoms with Crippen LogP contribution in [-0.4, -0.2) is 21.4 Å². The molecule has 3 aromatic heterocycles. The fraction of sp³-hybridized carbons (Fsp3) is 0.174. The van der Waals surface area contributed by atoms with Gasteiger partial charge >= 0.3 is 0 Å². The lowest BCUT2D eigenvalue weighted by atomic mass is 10.2. The van der Waals surface area contributed by atoms with Crippen LogP contribution in [0.25, 0.3) is 16.3 Å². The largest absolute Gasteiger partial charge is 0.351 e. The zero-order valence-electron chi connectivity index (χ0n) is 17.4. The molecule has 0 atom stereocenters. The van der Waals surface area contributed by atoms with E-state index in [4.69, 9.17) is 0 Å². The van der Waals surface area contributed by atoms with E-state index in [9.17, 15) is 9.59 Å². The summed E-state index contributed by atoms with van der Waals surface area (Å²) in [6, 6.07) is 15.7. The van der Waals surface area contributed by atoms with Crippen LogP contribution in [-0.2, 0) is 11.3 Å². The topological polar surface area (TPSA) is 76.0 Å². The van der Waals surface area contributed by atoms with Gasteiger partial charge in [0.05, 0.1) is 17.1 Å². The average Bonchev–Trinajstić information content (AvgIpc) is 3.47. The molecule has 0 saturated carbocycles. The minimum atomic E-state index is -0.189. The molecule has 3 heterocycles. The minimum absolute atomic E-state index is 0.0553. The molecule has 0 radical (unpaired) electrons. The Kier molecular flexibility index (Phi) is 6.01. The molecule has 31 heavy (non-hydrogen) atoms. The van der Waals surface area contributed by atoms with Gasteiger partial charge in [-0.05, 0) is 62.4 Å². The minimum Gasteiger partial charge on any atom is -0.351 e. The normalized spacial score (nSPS) is 10.8. The quantitative estimate of drug-likeness (QED) is 0.426. The maximum absolute atomic E-state index is 12.7. The molecule has 4 rings (SSSR count). The first-order valence-electron chi connectivity index (χ1n) is 9.76. The second kappa shape index (κ2) is 8.87. The summed E-state index contributed by atoms with van der Waals surface area (Å²) in [5.41, 5.74) is 4.73. The molecule has 6 nitrogen and oxygen atoms in total. The Morgan fingerprint density at radius 1 is 1.00 bits per heavy atom. The van der Waals surface area contributed by atoms with Crippen LogP contribution in [0.15, 0.2) is 53.9 Å². The fourth-order valence-corrected chi connectivity index (χ4v) is 4.96. The molecule has 1 aromatic carbocycles. The Labute approximate surface area is 188 Å². The van der Waals surface area contributed by atoms with Crippen LogP contribution in [0, 0.1) is 13.8 Å². The van der Waals surface area contributed by atoms with E-state index in [1.807, 2.05) is 41.8 Å². The number of carbonyl (C=O) groups is 2. The highest BCUT2D eigenvalue weighted by molar-refractivity contribution is 7.17. The van der Waals surface area contributed by atoms with Gasteiger partial charge in [0.25, 0.3) is 5.91 Å². The van der Waals surface area contributed by atoms with Crippen molar-refractivity contribution >= 4 is 39.6 Å². The van der Waals surface area contributed by atoms with Crippen molar-refractivity contribution in [2.75, 3.05) is 5.32 Å². The predicted octanol–water partition coefficient (Wildman–Crippen LogP) is 5.17. The van der Waals surface area contributed by atoms with E-state index in [-0.39, 0.29) is 11.8 Å². The number of thiophene rings is 1. The number of aryl methyl sites for hydroxylation is 2. The molecule has 0 aliphatic heterocycles. The van der Waals surface area contributed by atoms with Crippen LogP contribution >= 0.6 is 22.7 Å². The highest BCUT2D eigenvalue weighted by atomic mass is 32.1. The number of carbonyl (C=O) groups excluding carboxylic acids is 2. The van der Waals surface area contributed by atoms with Crippen molar-refractivity contribution in [3.05, 3.63) is 75.7 Å². The number of benzene rings is 1. The molecule has 0 spiro atoms. The van der Waals surface area contributed by atoms with Gasteiger partial charge in [0.1, 0.15) is 0 Å². The lowest BCUT2D eigenvalue weighted by Gasteiger charge is -2.10. The number of nitrogens with one attached hydrogen (secondary N) is 2. The molecule has 4 aromatic rings. The maximum atomic E-state index is 12.7. The van der Waals surface area contributed by atoms with Crippen LogP contribution in [0.2, 0.25) is 0 Å². The van der Waals surface area contributed by atoms with Crippen molar-refractivity contribution in [1.29, 1.82) is 0 Å². The number of aromatic nitrogens is 2. The van der Waals surface area contributed by atoms with E-state index in [0.717, 1.165) is 32.5 Å². The predicted molar refractivity (Wildman–Crippen MR) is 126 cm³/mol. The Morgan fingerprint density at radius 2 is 1.71 bits per heavy atom. The number of rotatable bonds is 6. The summed E-state index contributed by atoms with van der Waals surface area (Å²) in [4.78, 5) is 30.3. The number of amides is 2. The molecule has 2 amide bonds. The van der Waals surface area contributed by atoms with E-state index in [1.165, 1.54) is 18.3 Å². The van der Waals surface area contributed by atoms with Gasteiger partial charge in [-0.2, -0.15) is 0 Å². The summed E-state index contributed by atoms with van der Waals surface area (Å²) >= 11 is 2.96. The molecule has 0 unspecified atom stereocenters. The smallest absolute Gasteiger partial charge is 0.257 e. The van der Waals surface area contributed by atoms with Crippen LogP contribution in [0.5, 0.6) is 0 Å². The molecule has 2 N–H and O–H groups in total. The monoisotopic (exact) mass is 450 g/mol. The van der Waals surface area contributed by atoms with Crippen LogP contribution in [0.4, 0.5) is 5.13 Å². The zero-order valence-corrected chi connectivity index (χ0v) is 19.1. The molecule has 0 aliphatic rings. The third-order valence-electron chi connectivity index (χ3n) is 4.81. The number of hydrogen-bond donors (Lipinski definition) is 2. The first-order chi connectivity index (χ1) is 14.9. The van der Waals surface area contributed by atoms with Crippen molar-refractivity contribution in [2.45, 2.75) is 27.3 Å². The molecule has 8 heteroatoms. The van der Waals surface area contributed by atoms with E-state index < -0.39 is 0 Å². The van der Waals surface area contributed by atoms with Gasteiger partial charge < -0.3 is 9.88 Å². The number of thiazole rings is 1. The Balaban J connectivity index is 1.43. The summed E-state index contributed by atoms with van der Waals surface area (Å²) < 4.78 is 2.15. The second-order valence-corrected chi connectivity index (χ2v) is 9.19. The Hall–Kier alpha value is -3.23. The summed E-state index contributed by atoms with van der Waals surface area (Å²) in [7, 11) is 0. The fourth-order valence-electron chi connectivity index (χ4n) is 3.27. The first kappa shape index (κ1) is 21.0. The van der Waals surface area contributed by atoms with Gasteiger partial charge in [-0.3, -0.25) is 14.9 Å². The van der Waals surface area contributed by atoms with E-state index >= 15 is 0 Å². The number of hydrogen-bond acceptors (Lipinski definition) is 5. The van der Waals surface area contributed by atoms with Crippen molar-refractivity contribution in [3.63, 3.8) is 0 Å². The molecule has 0 bridgehead atoms. The molecule has 0 saturated heterocycles. The highest BCUT2D eigenvalue weighted by Gasteiger charge is 2.12. The Bertz CT molecular complexity index is 1220. The van der Waals surface area contributed by atoms with Crippen molar-refractivity contribution < 1.29 is 9.59 Å². The van der Waals surface area contributed by atoms with E-state index in [2.05, 4.69) is 46.2 Å². The van der Waals surface area contributed by atoms with Gasteiger partial charge in [-0.15, -0.1) is 22.7 Å². The van der Waals surface area contributed by atoms with Gasteiger partial charge in [0, 0.05) is 39.8 Å². The molecular weight excluding hydrogens is 428 g/mol. The summed E-state index contributed by atoms with van der Waals surface area (Å²) in [5, 5.41) is 8.15. The van der Waals surface area contributed by atoms with Crippen molar-refractivity contribution in [3.8, 4) is 16.3 Å². The average molecular weight is 451 g/mol. The summed E-state index contributed by atoms with van der Waals surface area (Å²) in [6.45, 7) is 6.12. The SMILES string of the molecule is CC(=O)NCc1ccc(-c2csc(NC(=O)c3ccc(-n4c(C)ccc4C)cc3)n2)s1. The lowest BCUT2D eigenvalue weighted by molar-refractivity contribution is -0.119. The lowest BCUT2D eigenvalue weighted by Crippen LogP contribution is -2.17. The maximum Gasteiger partial charge on any atom is 0.257 e. The summed E-state index contributed by atoms with van der Waals surface area (Å²) in [6.07, 6.45) is 0. The van der Waals surface area contributed by atoms with Gasteiger partial charge in [0.15, 0.2) is 5.13 Å². The van der Waals surface area contributed by atoms with Crippen molar-refractivity contribution in [1.82, 2.24) is 14.9 Å². The first-order valence-corrected chi connectivity index (χ1v) is 11.5. The van der Waals surface area contributed by atoms with Gasteiger partial charge in [-0.25, -0.2) is 4.98 Å². The zero-order chi connectivity index (χ0) is 22.0. The third-order valence-corrected chi connectivity index (χ3v) is 6.67. The number of anilines is 1. The molecule has 158 valence electrons. The van der Waals surface area contributed by atoms with Crippen LogP contribution < -0.4 is 10.6 Å². The Morgan fingerprint density at radius 3 is 2.39 bits per heavy atom. The molecule has 0 aliphatic carbocycles. The summed E-state index contributed by atoms with van der Waals surface area (Å²) in [5.74, 6) is -0.244. The molecule has 0 fully saturated rings. The number of nitrogens with zero attached hydrogens (tertiary/aromatic N) is 2. The molecular formula is C23H22N4O2S2. The third kappa shape index (κ3) is 4.76. The van der Waals surface area contributed by atoms with E-state index in [1.54, 1.807) is 11.3 Å². The van der Waals surface area contributed by atoms with Gasteiger partial charge in [0.2, 0.25) is 5.91 Å². The highest BCUT2D eigenvalue weighted by Crippen LogP contribution is 2.31. The standard InChI is InChI=1S/C23H22N4O2S2/c1-14-4-5-15(2)27(14)18-8-6-17(7-9-18)22(29)26-23-25-20(13-30-23)21-11-10-19(31-21)12-24-16(3)28/h4-11,13H,12H2,1-3H3,(H,24,28)(H,25,26,29). The van der Waals surface area contributed by atoms with Crippen molar-refractivity contribution in [2.24, 2.45) is 0 Å².